The van der Waals surface area contributed by atoms with Gasteiger partial charge in [-0.2, -0.15) is 0 Å². The second kappa shape index (κ2) is 6.84. The predicted octanol–water partition coefficient (Wildman–Crippen LogP) is 2.22. The number of nitrogens with zero attached hydrogens (tertiary/aromatic N) is 3. The number of ether oxygens (including phenoxy) is 2. The molecule has 0 radical (unpaired) electrons. The first-order chi connectivity index (χ1) is 11.9. The molecule has 1 saturated heterocycles. The van der Waals surface area contributed by atoms with Gasteiger partial charge in [0.05, 0.1) is 29.8 Å². The third kappa shape index (κ3) is 4.17. The molecular weight excluding hydrogens is 320 g/mol. The number of fused-ring (bicyclic) bond motifs is 1. The van der Waals surface area contributed by atoms with Gasteiger partial charge in [-0.25, -0.2) is 14.8 Å². The van der Waals surface area contributed by atoms with Crippen LogP contribution in [-0.4, -0.2) is 58.8 Å². The lowest BCUT2D eigenvalue weighted by molar-refractivity contribution is 0.0274. The fraction of sp³-hybridized carbons (Fsp3) is 0.500. The standard InChI is InChI=1S/C18H24N4O3/c1-18(2,3)25-17(23)22-10-14(19-4)15(11-22)24-16-9-20-12-7-5-6-8-13(12)21-16/h5-9,14-15,19H,10-11H2,1-4H3. The molecule has 1 aromatic carbocycles. The van der Waals surface area contributed by atoms with Gasteiger partial charge in [0.25, 0.3) is 0 Å². The van der Waals surface area contributed by atoms with Gasteiger partial charge in [-0.1, -0.05) is 12.1 Å². The van der Waals surface area contributed by atoms with Gasteiger partial charge in [0, 0.05) is 6.54 Å². The molecule has 0 bridgehead atoms. The molecule has 3 rings (SSSR count). The van der Waals surface area contributed by atoms with Gasteiger partial charge in [-0.15, -0.1) is 0 Å². The van der Waals surface area contributed by atoms with Crippen molar-refractivity contribution in [2.75, 3.05) is 20.1 Å². The average Bonchev–Trinajstić information content (AvgIpc) is 2.96. The SMILES string of the molecule is CNC1CN(C(=O)OC(C)(C)C)CC1Oc1cnc2ccccc2n1. The van der Waals surface area contributed by atoms with Crippen LogP contribution in [0.2, 0.25) is 0 Å². The van der Waals surface area contributed by atoms with Gasteiger partial charge in [-0.05, 0) is 40.0 Å². The molecule has 25 heavy (non-hydrogen) atoms. The maximum absolute atomic E-state index is 12.3. The zero-order valence-corrected chi connectivity index (χ0v) is 15.0. The van der Waals surface area contributed by atoms with Crippen LogP contribution in [0.25, 0.3) is 11.0 Å². The Morgan fingerprint density at radius 1 is 1.24 bits per heavy atom. The zero-order chi connectivity index (χ0) is 18.0. The van der Waals surface area contributed by atoms with E-state index >= 15 is 0 Å². The number of amides is 1. The highest BCUT2D eigenvalue weighted by Gasteiger charge is 2.38. The minimum atomic E-state index is -0.519. The summed E-state index contributed by atoms with van der Waals surface area (Å²) in [5.41, 5.74) is 1.08. The van der Waals surface area contributed by atoms with E-state index in [0.29, 0.717) is 19.0 Å². The zero-order valence-electron chi connectivity index (χ0n) is 15.0. The van der Waals surface area contributed by atoms with Gasteiger partial charge in [0.15, 0.2) is 0 Å². The highest BCUT2D eigenvalue weighted by atomic mass is 16.6. The second-order valence-electron chi connectivity index (χ2n) is 7.13. The van der Waals surface area contributed by atoms with Gasteiger partial charge in [0.2, 0.25) is 5.88 Å². The number of aromatic nitrogens is 2. The molecule has 2 aromatic rings. The first-order valence-corrected chi connectivity index (χ1v) is 8.39. The topological polar surface area (TPSA) is 76.6 Å². The fourth-order valence-electron chi connectivity index (χ4n) is 2.80. The van der Waals surface area contributed by atoms with E-state index in [1.807, 2.05) is 52.1 Å². The maximum Gasteiger partial charge on any atom is 0.410 e. The Morgan fingerprint density at radius 2 is 1.96 bits per heavy atom. The molecule has 1 aliphatic heterocycles. The van der Waals surface area contributed by atoms with E-state index in [4.69, 9.17) is 9.47 Å². The predicted molar refractivity (Wildman–Crippen MR) is 94.6 cm³/mol. The Hall–Kier alpha value is -2.41. The molecule has 2 heterocycles. The molecule has 7 nitrogen and oxygen atoms in total. The van der Waals surface area contributed by atoms with Crippen LogP contribution in [0.15, 0.2) is 30.5 Å². The van der Waals surface area contributed by atoms with Crippen LogP contribution in [0.5, 0.6) is 5.88 Å². The monoisotopic (exact) mass is 344 g/mol. The van der Waals surface area contributed by atoms with E-state index in [2.05, 4.69) is 15.3 Å². The Morgan fingerprint density at radius 3 is 2.64 bits per heavy atom. The lowest BCUT2D eigenvalue weighted by Gasteiger charge is -2.24. The van der Waals surface area contributed by atoms with Gasteiger partial charge in [0.1, 0.15) is 11.7 Å². The summed E-state index contributed by atoms with van der Waals surface area (Å²) in [6.45, 7) is 6.53. The highest BCUT2D eigenvalue weighted by molar-refractivity contribution is 5.74. The van der Waals surface area contributed by atoms with Gasteiger partial charge < -0.3 is 19.7 Å². The number of nitrogens with one attached hydrogen (secondary N) is 1. The van der Waals surface area contributed by atoms with Crippen LogP contribution >= 0.6 is 0 Å². The number of carbonyl (C=O) groups excluding carboxylic acids is 1. The summed E-state index contributed by atoms with van der Waals surface area (Å²) in [7, 11) is 1.85. The summed E-state index contributed by atoms with van der Waals surface area (Å²) in [5.74, 6) is 0.454. The van der Waals surface area contributed by atoms with Crippen LogP contribution in [0, 0.1) is 0 Å². The molecule has 1 aliphatic rings. The molecule has 134 valence electrons. The van der Waals surface area contributed by atoms with E-state index in [9.17, 15) is 4.79 Å². The molecule has 1 amide bonds. The largest absolute Gasteiger partial charge is 0.470 e. The summed E-state index contributed by atoms with van der Waals surface area (Å²) in [4.78, 5) is 22.8. The molecule has 1 fully saturated rings. The molecule has 1 N–H and O–H groups in total. The van der Waals surface area contributed by atoms with E-state index in [1.165, 1.54) is 0 Å². The minimum absolute atomic E-state index is 0.000730. The number of rotatable bonds is 3. The molecular formula is C18H24N4O3. The molecule has 0 spiro atoms. The smallest absolute Gasteiger partial charge is 0.410 e. The van der Waals surface area contributed by atoms with E-state index < -0.39 is 5.60 Å². The second-order valence-corrected chi connectivity index (χ2v) is 7.13. The van der Waals surface area contributed by atoms with Crippen LogP contribution in [0.3, 0.4) is 0 Å². The van der Waals surface area contributed by atoms with E-state index in [0.717, 1.165) is 11.0 Å². The van der Waals surface area contributed by atoms with Crippen molar-refractivity contribution in [1.82, 2.24) is 20.2 Å². The first kappa shape index (κ1) is 17.4. The quantitative estimate of drug-likeness (QED) is 0.920. The number of benzene rings is 1. The van der Waals surface area contributed by atoms with Gasteiger partial charge in [-0.3, -0.25) is 0 Å². The summed E-state index contributed by atoms with van der Waals surface area (Å²) < 4.78 is 11.5. The summed E-state index contributed by atoms with van der Waals surface area (Å²) >= 11 is 0. The Bertz CT molecular complexity index is 759. The number of hydrogen-bond acceptors (Lipinski definition) is 6. The van der Waals surface area contributed by atoms with Crippen molar-refractivity contribution in [2.45, 2.75) is 38.5 Å². The lowest BCUT2D eigenvalue weighted by atomic mass is 10.2. The lowest BCUT2D eigenvalue weighted by Crippen LogP contribution is -2.40. The number of likely N-dealkylation sites (N-methyl/N-ethyl adjacent to an activating group) is 1. The van der Waals surface area contributed by atoms with Crippen molar-refractivity contribution in [3.8, 4) is 5.88 Å². The first-order valence-electron chi connectivity index (χ1n) is 8.39. The summed E-state index contributed by atoms with van der Waals surface area (Å²) in [6, 6.07) is 7.64. The van der Waals surface area contributed by atoms with Crippen molar-refractivity contribution in [3.05, 3.63) is 30.5 Å². The fourth-order valence-corrected chi connectivity index (χ4v) is 2.80. The van der Waals surface area contributed by atoms with Crippen molar-refractivity contribution in [3.63, 3.8) is 0 Å². The molecule has 1 aromatic heterocycles. The molecule has 2 atom stereocenters. The van der Waals surface area contributed by atoms with Crippen LogP contribution in [0.1, 0.15) is 20.8 Å². The van der Waals surface area contributed by atoms with Crippen molar-refractivity contribution < 1.29 is 14.3 Å². The van der Waals surface area contributed by atoms with Crippen LogP contribution in [-0.2, 0) is 4.74 Å². The average molecular weight is 344 g/mol. The molecule has 2 unspecified atom stereocenters. The van der Waals surface area contributed by atoms with Crippen molar-refractivity contribution in [2.24, 2.45) is 0 Å². The Kier molecular flexibility index (Phi) is 4.76. The minimum Gasteiger partial charge on any atom is -0.470 e. The Labute approximate surface area is 147 Å². The van der Waals surface area contributed by atoms with Crippen LogP contribution < -0.4 is 10.1 Å². The van der Waals surface area contributed by atoms with E-state index in [-0.39, 0.29) is 18.2 Å². The highest BCUT2D eigenvalue weighted by Crippen LogP contribution is 2.21. The van der Waals surface area contributed by atoms with Crippen molar-refractivity contribution in [1.29, 1.82) is 0 Å². The number of para-hydroxylation sites is 2. The molecule has 0 saturated carbocycles. The maximum atomic E-state index is 12.3. The van der Waals surface area contributed by atoms with Crippen LogP contribution in [0.4, 0.5) is 4.79 Å². The third-order valence-electron chi connectivity index (χ3n) is 3.99. The number of hydrogen-bond donors (Lipinski definition) is 1. The van der Waals surface area contributed by atoms with E-state index in [1.54, 1.807) is 11.1 Å². The molecule has 7 heteroatoms. The van der Waals surface area contributed by atoms with Crippen molar-refractivity contribution >= 4 is 17.1 Å². The number of carbonyl (C=O) groups is 1. The summed E-state index contributed by atoms with van der Waals surface area (Å²) in [6.07, 6.45) is 1.07. The Balaban J connectivity index is 1.71. The normalized spacial score (nSPS) is 20.7. The third-order valence-corrected chi connectivity index (χ3v) is 3.99. The number of likely N-dealkylation sites (tertiary alicyclic amines) is 1. The van der Waals surface area contributed by atoms with Gasteiger partial charge >= 0.3 is 6.09 Å². The molecule has 0 aliphatic carbocycles. The summed E-state index contributed by atoms with van der Waals surface area (Å²) in [5, 5.41) is 3.20.